The SMILES string of the molecule is [C-]#[N+]c1c(-c2ccnc(NC(=O)OC)c2)sc(C)c1Cc1ccc2ccccc2c1. The molecule has 6 heteroatoms. The molecule has 0 unspecified atom stereocenters. The Balaban J connectivity index is 1.71. The Hall–Kier alpha value is -3.69. The van der Waals surface area contributed by atoms with Gasteiger partial charge < -0.3 is 4.74 Å². The zero-order chi connectivity index (χ0) is 21.1. The zero-order valence-electron chi connectivity index (χ0n) is 16.6. The van der Waals surface area contributed by atoms with E-state index in [-0.39, 0.29) is 0 Å². The molecule has 2 aromatic carbocycles. The van der Waals surface area contributed by atoms with Crippen molar-refractivity contribution in [2.24, 2.45) is 0 Å². The van der Waals surface area contributed by atoms with Crippen LogP contribution in [0.3, 0.4) is 0 Å². The van der Waals surface area contributed by atoms with Crippen LogP contribution in [0.2, 0.25) is 0 Å². The van der Waals surface area contributed by atoms with Crippen LogP contribution in [0, 0.1) is 13.5 Å². The number of amides is 1. The number of fused-ring (bicyclic) bond motifs is 1. The summed E-state index contributed by atoms with van der Waals surface area (Å²) in [5.41, 5.74) is 3.72. The Kier molecular flexibility index (Phi) is 5.46. The highest BCUT2D eigenvalue weighted by molar-refractivity contribution is 7.16. The third-order valence-corrected chi connectivity index (χ3v) is 6.11. The Morgan fingerprint density at radius 1 is 1.17 bits per heavy atom. The molecule has 0 spiro atoms. The molecule has 0 saturated carbocycles. The number of methoxy groups -OCH3 is 1. The summed E-state index contributed by atoms with van der Waals surface area (Å²) in [6.45, 7) is 9.86. The van der Waals surface area contributed by atoms with E-state index in [0.717, 1.165) is 20.9 Å². The standard InChI is InChI=1S/C24H19N3O2S/c1-15-20(13-16-8-9-17-6-4-5-7-18(17)12-16)22(25-2)23(30-15)19-10-11-26-21(14-19)27-24(28)29-3/h4-12,14H,13H2,1,3H3,(H,26,27,28). The van der Waals surface area contributed by atoms with Crippen LogP contribution in [0.15, 0.2) is 60.8 Å². The van der Waals surface area contributed by atoms with Gasteiger partial charge in [-0.2, -0.15) is 11.3 Å². The van der Waals surface area contributed by atoms with Gasteiger partial charge in [0.15, 0.2) is 0 Å². The lowest BCUT2D eigenvalue weighted by atomic mass is 10.00. The number of thiophene rings is 1. The van der Waals surface area contributed by atoms with Gasteiger partial charge in [0.05, 0.1) is 13.7 Å². The molecule has 0 bridgehead atoms. The number of carbonyl (C=O) groups excluding carboxylic acids is 1. The van der Waals surface area contributed by atoms with Crippen molar-refractivity contribution < 1.29 is 9.53 Å². The summed E-state index contributed by atoms with van der Waals surface area (Å²) < 4.78 is 4.63. The Morgan fingerprint density at radius 2 is 1.97 bits per heavy atom. The minimum absolute atomic E-state index is 0.386. The van der Waals surface area contributed by atoms with E-state index in [4.69, 9.17) is 6.57 Å². The van der Waals surface area contributed by atoms with E-state index in [1.165, 1.54) is 23.4 Å². The lowest BCUT2D eigenvalue weighted by Crippen LogP contribution is -2.11. The van der Waals surface area contributed by atoms with Gasteiger partial charge in [0, 0.05) is 11.1 Å². The number of aromatic nitrogens is 1. The number of hydrogen-bond donors (Lipinski definition) is 1. The number of benzene rings is 2. The summed E-state index contributed by atoms with van der Waals surface area (Å²) in [5, 5.41) is 4.97. The van der Waals surface area contributed by atoms with E-state index in [2.05, 4.69) is 50.2 Å². The van der Waals surface area contributed by atoms with E-state index >= 15 is 0 Å². The summed E-state index contributed by atoms with van der Waals surface area (Å²) in [4.78, 5) is 21.5. The maximum atomic E-state index is 11.5. The van der Waals surface area contributed by atoms with E-state index < -0.39 is 6.09 Å². The topological polar surface area (TPSA) is 55.6 Å². The number of aryl methyl sites for hydroxylation is 1. The zero-order valence-corrected chi connectivity index (χ0v) is 17.4. The number of nitrogens with zero attached hydrogens (tertiary/aromatic N) is 2. The molecule has 0 aliphatic heterocycles. The number of nitrogens with one attached hydrogen (secondary N) is 1. The first-order valence-electron chi connectivity index (χ1n) is 9.38. The van der Waals surface area contributed by atoms with Crippen molar-refractivity contribution in [2.75, 3.05) is 12.4 Å². The monoisotopic (exact) mass is 413 g/mol. The van der Waals surface area contributed by atoms with Crippen molar-refractivity contribution in [1.29, 1.82) is 0 Å². The highest BCUT2D eigenvalue weighted by Gasteiger charge is 2.18. The van der Waals surface area contributed by atoms with Gasteiger partial charge in [-0.05, 0) is 57.8 Å². The van der Waals surface area contributed by atoms with Crippen LogP contribution in [0.5, 0.6) is 0 Å². The van der Waals surface area contributed by atoms with Crippen molar-refractivity contribution >= 4 is 39.7 Å². The van der Waals surface area contributed by atoms with Crippen LogP contribution in [0.25, 0.3) is 26.1 Å². The Labute approximate surface area is 178 Å². The molecule has 4 aromatic rings. The maximum absolute atomic E-state index is 11.5. The highest BCUT2D eigenvalue weighted by Crippen LogP contribution is 2.44. The predicted octanol–water partition coefficient (Wildman–Crippen LogP) is 6.59. The Morgan fingerprint density at radius 3 is 2.73 bits per heavy atom. The summed E-state index contributed by atoms with van der Waals surface area (Å²) >= 11 is 1.59. The van der Waals surface area contributed by atoms with Gasteiger partial charge in [0.25, 0.3) is 0 Å². The van der Waals surface area contributed by atoms with Gasteiger partial charge >= 0.3 is 6.09 Å². The van der Waals surface area contributed by atoms with Crippen molar-refractivity contribution in [3.05, 3.63) is 88.2 Å². The fraction of sp³-hybridized carbons (Fsp3) is 0.125. The molecule has 2 aromatic heterocycles. The minimum atomic E-state index is -0.579. The fourth-order valence-corrected chi connectivity index (χ4v) is 4.55. The third kappa shape index (κ3) is 3.88. The summed E-state index contributed by atoms with van der Waals surface area (Å²) in [6.07, 6.45) is 1.74. The van der Waals surface area contributed by atoms with Crippen LogP contribution in [0.4, 0.5) is 16.3 Å². The maximum Gasteiger partial charge on any atom is 0.412 e. The van der Waals surface area contributed by atoms with Crippen LogP contribution in [-0.4, -0.2) is 18.2 Å². The van der Waals surface area contributed by atoms with E-state index in [1.54, 1.807) is 23.6 Å². The predicted molar refractivity (Wildman–Crippen MR) is 121 cm³/mol. The molecule has 0 saturated heterocycles. The average molecular weight is 414 g/mol. The number of rotatable bonds is 4. The average Bonchev–Trinajstić information content (AvgIpc) is 3.09. The molecule has 0 atom stereocenters. The molecular weight excluding hydrogens is 394 g/mol. The molecular formula is C24H19N3O2S. The first kappa shape index (κ1) is 19.6. The van der Waals surface area contributed by atoms with E-state index in [1.807, 2.05) is 25.1 Å². The molecule has 1 N–H and O–H groups in total. The third-order valence-electron chi connectivity index (χ3n) is 4.93. The lowest BCUT2D eigenvalue weighted by molar-refractivity contribution is 0.187. The first-order valence-corrected chi connectivity index (χ1v) is 10.2. The quantitative estimate of drug-likeness (QED) is 0.384. The molecule has 1 amide bonds. The number of anilines is 1. The highest BCUT2D eigenvalue weighted by atomic mass is 32.1. The number of pyridine rings is 1. The number of hydrogen-bond acceptors (Lipinski definition) is 4. The van der Waals surface area contributed by atoms with Crippen molar-refractivity contribution in [1.82, 2.24) is 4.98 Å². The van der Waals surface area contributed by atoms with Crippen LogP contribution < -0.4 is 5.32 Å². The van der Waals surface area contributed by atoms with Crippen LogP contribution in [0.1, 0.15) is 16.0 Å². The van der Waals surface area contributed by atoms with Crippen molar-refractivity contribution in [3.63, 3.8) is 0 Å². The minimum Gasteiger partial charge on any atom is -0.453 e. The molecule has 30 heavy (non-hydrogen) atoms. The molecule has 4 rings (SSSR count). The second kappa shape index (κ2) is 8.36. The van der Waals surface area contributed by atoms with Crippen molar-refractivity contribution in [3.8, 4) is 10.4 Å². The summed E-state index contributed by atoms with van der Waals surface area (Å²) in [5.74, 6) is 0.386. The molecule has 5 nitrogen and oxygen atoms in total. The normalized spacial score (nSPS) is 10.6. The van der Waals surface area contributed by atoms with Gasteiger partial charge in [-0.15, -0.1) is 0 Å². The lowest BCUT2D eigenvalue weighted by Gasteiger charge is -2.06. The molecule has 148 valence electrons. The molecule has 0 radical (unpaired) electrons. The van der Waals surface area contributed by atoms with Crippen LogP contribution in [-0.2, 0) is 11.2 Å². The summed E-state index contributed by atoms with van der Waals surface area (Å²) in [7, 11) is 1.30. The number of carbonyl (C=O) groups is 1. The van der Waals surface area contributed by atoms with Crippen LogP contribution >= 0.6 is 11.3 Å². The molecule has 2 heterocycles. The van der Waals surface area contributed by atoms with E-state index in [0.29, 0.717) is 17.9 Å². The Bertz CT molecular complexity index is 1290. The van der Waals surface area contributed by atoms with E-state index in [9.17, 15) is 4.79 Å². The molecule has 0 aliphatic rings. The first-order chi connectivity index (χ1) is 14.6. The van der Waals surface area contributed by atoms with Gasteiger partial charge in [-0.1, -0.05) is 42.5 Å². The smallest absolute Gasteiger partial charge is 0.412 e. The van der Waals surface area contributed by atoms with Gasteiger partial charge in [0.1, 0.15) is 5.82 Å². The van der Waals surface area contributed by atoms with Gasteiger partial charge in [0.2, 0.25) is 5.69 Å². The largest absolute Gasteiger partial charge is 0.453 e. The van der Waals surface area contributed by atoms with Gasteiger partial charge in [-0.25, -0.2) is 14.6 Å². The van der Waals surface area contributed by atoms with Gasteiger partial charge in [-0.3, -0.25) is 5.32 Å². The second-order valence-electron chi connectivity index (χ2n) is 6.83. The van der Waals surface area contributed by atoms with Crippen molar-refractivity contribution in [2.45, 2.75) is 13.3 Å². The number of ether oxygens (including phenoxy) is 1. The molecule has 0 fully saturated rings. The summed E-state index contributed by atoms with van der Waals surface area (Å²) in [6, 6.07) is 18.3. The second-order valence-corrected chi connectivity index (χ2v) is 8.06. The molecule has 0 aliphatic carbocycles. The fourth-order valence-electron chi connectivity index (χ4n) is 3.44.